The van der Waals surface area contributed by atoms with Crippen LogP contribution < -0.4 is 15.4 Å². The smallest absolute Gasteiger partial charge is 0.262 e. The number of nitrogens with one attached hydrogen (secondary N) is 2. The summed E-state index contributed by atoms with van der Waals surface area (Å²) in [7, 11) is 0. The fourth-order valence-corrected chi connectivity index (χ4v) is 4.27. The van der Waals surface area contributed by atoms with E-state index in [-0.39, 0.29) is 18.4 Å². The summed E-state index contributed by atoms with van der Waals surface area (Å²) in [5, 5.41) is 13.5. The molecule has 3 aromatic rings. The van der Waals surface area contributed by atoms with E-state index < -0.39 is 0 Å². The van der Waals surface area contributed by atoms with E-state index in [0.717, 1.165) is 20.5 Å². The van der Waals surface area contributed by atoms with E-state index in [1.54, 1.807) is 17.6 Å². The highest BCUT2D eigenvalue weighted by atomic mass is 32.2. The van der Waals surface area contributed by atoms with Crippen molar-refractivity contribution in [2.24, 2.45) is 0 Å². The van der Waals surface area contributed by atoms with Crippen molar-refractivity contribution in [2.75, 3.05) is 17.2 Å². The minimum atomic E-state index is -0.253. The second-order valence-corrected chi connectivity index (χ2v) is 8.13. The quantitative estimate of drug-likeness (QED) is 0.643. The van der Waals surface area contributed by atoms with Gasteiger partial charge in [-0.15, -0.1) is 10.2 Å². The minimum Gasteiger partial charge on any atom is -0.484 e. The molecule has 0 bridgehead atoms. The molecule has 0 radical (unpaired) electrons. The van der Waals surface area contributed by atoms with E-state index in [9.17, 15) is 9.59 Å². The van der Waals surface area contributed by atoms with Gasteiger partial charge in [-0.05, 0) is 42.3 Å². The zero-order valence-electron chi connectivity index (χ0n) is 14.7. The van der Waals surface area contributed by atoms with Crippen molar-refractivity contribution in [3.8, 4) is 5.75 Å². The molecular formula is C19H16N4O3S2. The van der Waals surface area contributed by atoms with Crippen LogP contribution in [-0.2, 0) is 16.0 Å². The topological polar surface area (TPSA) is 93.2 Å². The first-order chi connectivity index (χ1) is 13.7. The summed E-state index contributed by atoms with van der Waals surface area (Å²) in [5.41, 5.74) is 4.18. The second-order valence-electron chi connectivity index (χ2n) is 6.01. The van der Waals surface area contributed by atoms with Crippen LogP contribution >= 0.6 is 23.1 Å². The van der Waals surface area contributed by atoms with Gasteiger partial charge in [-0.3, -0.25) is 9.59 Å². The van der Waals surface area contributed by atoms with Crippen LogP contribution in [0.1, 0.15) is 12.0 Å². The molecule has 2 amide bonds. The largest absolute Gasteiger partial charge is 0.484 e. The average molecular weight is 412 g/mol. The highest BCUT2D eigenvalue weighted by molar-refractivity contribution is 8.01. The fraction of sp³-hybridized carbons (Fsp3) is 0.158. The summed E-state index contributed by atoms with van der Waals surface area (Å²) in [6, 6.07) is 12.9. The maximum Gasteiger partial charge on any atom is 0.262 e. The number of nitrogens with zero attached hydrogens (tertiary/aromatic N) is 2. The van der Waals surface area contributed by atoms with Gasteiger partial charge in [0, 0.05) is 17.0 Å². The zero-order valence-corrected chi connectivity index (χ0v) is 16.3. The number of fused-ring (bicyclic) bond motifs is 1. The lowest BCUT2D eigenvalue weighted by atomic mass is 10.0. The van der Waals surface area contributed by atoms with Crippen LogP contribution in [0.25, 0.3) is 0 Å². The molecule has 9 heteroatoms. The Labute approximate surface area is 169 Å². The predicted octanol–water partition coefficient (Wildman–Crippen LogP) is 3.59. The third-order valence-electron chi connectivity index (χ3n) is 4.04. The third kappa shape index (κ3) is 4.49. The maximum atomic E-state index is 12.3. The number of aromatic nitrogens is 2. The molecule has 0 atom stereocenters. The maximum absolute atomic E-state index is 12.3. The number of hydrogen-bond acceptors (Lipinski definition) is 7. The number of carbonyl (C=O) groups is 2. The van der Waals surface area contributed by atoms with E-state index in [2.05, 4.69) is 20.8 Å². The highest BCUT2D eigenvalue weighted by Crippen LogP contribution is 2.34. The fourth-order valence-electron chi connectivity index (χ4n) is 2.75. The Hall–Kier alpha value is -2.91. The Balaban J connectivity index is 1.37. The Morgan fingerprint density at radius 3 is 3.00 bits per heavy atom. The van der Waals surface area contributed by atoms with Crippen molar-refractivity contribution in [2.45, 2.75) is 22.1 Å². The summed E-state index contributed by atoms with van der Waals surface area (Å²) in [4.78, 5) is 24.7. The van der Waals surface area contributed by atoms with Crippen LogP contribution in [0.4, 0.5) is 11.4 Å². The first-order valence-electron chi connectivity index (χ1n) is 8.56. The number of ether oxygens (including phenoxy) is 1. The summed E-state index contributed by atoms with van der Waals surface area (Å²) >= 11 is 2.89. The standard InChI is InChI=1S/C19H16N4O3S2/c24-17-8-5-12-9-13(6-7-14(12)21-17)26-10-18(25)22-15-3-1-2-4-16(15)28-19-23-20-11-27-19/h1-4,6-7,9,11H,5,8,10H2,(H,21,24)(H,22,25). The molecule has 0 fully saturated rings. The number of hydrogen-bond donors (Lipinski definition) is 2. The van der Waals surface area contributed by atoms with Crippen molar-refractivity contribution in [1.82, 2.24) is 10.2 Å². The normalized spacial score (nSPS) is 12.8. The Bertz CT molecular complexity index is 1010. The molecule has 0 unspecified atom stereocenters. The van der Waals surface area contributed by atoms with E-state index in [1.807, 2.05) is 30.3 Å². The molecule has 2 heterocycles. The van der Waals surface area contributed by atoms with Gasteiger partial charge in [0.15, 0.2) is 10.9 Å². The van der Waals surface area contributed by atoms with Gasteiger partial charge in [0.05, 0.1) is 5.69 Å². The van der Waals surface area contributed by atoms with Crippen molar-refractivity contribution in [1.29, 1.82) is 0 Å². The molecule has 2 N–H and O–H groups in total. The number of rotatable bonds is 6. The van der Waals surface area contributed by atoms with Crippen LogP contribution in [0.2, 0.25) is 0 Å². The van der Waals surface area contributed by atoms with Crippen molar-refractivity contribution in [3.63, 3.8) is 0 Å². The molecule has 0 saturated heterocycles. The molecule has 4 rings (SSSR count). The lowest BCUT2D eigenvalue weighted by Crippen LogP contribution is -2.21. The molecule has 142 valence electrons. The van der Waals surface area contributed by atoms with Gasteiger partial charge in [0.2, 0.25) is 5.91 Å². The van der Waals surface area contributed by atoms with E-state index in [1.165, 1.54) is 23.1 Å². The Morgan fingerprint density at radius 2 is 2.14 bits per heavy atom. The molecular weight excluding hydrogens is 396 g/mol. The van der Waals surface area contributed by atoms with Crippen LogP contribution in [0.3, 0.4) is 0 Å². The minimum absolute atomic E-state index is 0.0191. The number of carbonyl (C=O) groups excluding carboxylic acids is 2. The van der Waals surface area contributed by atoms with Gasteiger partial charge in [0.1, 0.15) is 11.3 Å². The van der Waals surface area contributed by atoms with Crippen LogP contribution in [0.5, 0.6) is 5.75 Å². The Morgan fingerprint density at radius 1 is 1.25 bits per heavy atom. The number of para-hydroxylation sites is 1. The molecule has 28 heavy (non-hydrogen) atoms. The van der Waals surface area contributed by atoms with Crippen molar-refractivity contribution in [3.05, 3.63) is 53.5 Å². The molecule has 1 aliphatic rings. The summed E-state index contributed by atoms with van der Waals surface area (Å²) in [6.45, 7) is -0.108. The number of amides is 2. The molecule has 1 aromatic heterocycles. The first kappa shape index (κ1) is 18.5. The van der Waals surface area contributed by atoms with Gasteiger partial charge in [-0.25, -0.2) is 0 Å². The van der Waals surface area contributed by atoms with Gasteiger partial charge >= 0.3 is 0 Å². The van der Waals surface area contributed by atoms with Gasteiger partial charge in [0.25, 0.3) is 5.91 Å². The lowest BCUT2D eigenvalue weighted by Gasteiger charge is -2.17. The van der Waals surface area contributed by atoms with Crippen LogP contribution in [-0.4, -0.2) is 28.6 Å². The van der Waals surface area contributed by atoms with Gasteiger partial charge in [-0.2, -0.15) is 0 Å². The van der Waals surface area contributed by atoms with Crippen molar-refractivity contribution < 1.29 is 14.3 Å². The monoisotopic (exact) mass is 412 g/mol. The molecule has 0 saturated carbocycles. The summed E-state index contributed by atoms with van der Waals surface area (Å²) < 4.78 is 6.43. The molecule has 7 nitrogen and oxygen atoms in total. The lowest BCUT2D eigenvalue weighted by molar-refractivity contribution is -0.118. The molecule has 0 aliphatic carbocycles. The number of benzene rings is 2. The number of anilines is 2. The first-order valence-corrected chi connectivity index (χ1v) is 10.3. The number of aryl methyl sites for hydroxylation is 1. The van der Waals surface area contributed by atoms with Gasteiger partial charge < -0.3 is 15.4 Å². The van der Waals surface area contributed by atoms with Crippen LogP contribution in [0.15, 0.2) is 57.2 Å². The van der Waals surface area contributed by atoms with E-state index in [4.69, 9.17) is 4.74 Å². The van der Waals surface area contributed by atoms with Crippen molar-refractivity contribution >= 4 is 46.3 Å². The van der Waals surface area contributed by atoms with E-state index in [0.29, 0.717) is 24.3 Å². The SMILES string of the molecule is O=C1CCc2cc(OCC(=O)Nc3ccccc3Sc3nncs3)ccc2N1. The molecule has 2 aromatic carbocycles. The summed E-state index contributed by atoms with van der Waals surface area (Å²) in [6.07, 6.45) is 1.13. The van der Waals surface area contributed by atoms with Crippen LogP contribution in [0, 0.1) is 0 Å². The molecule has 0 spiro atoms. The molecule has 1 aliphatic heterocycles. The van der Waals surface area contributed by atoms with Gasteiger partial charge in [-0.1, -0.05) is 35.2 Å². The third-order valence-corrected chi connectivity index (χ3v) is 5.89. The average Bonchev–Trinajstić information content (AvgIpc) is 3.21. The Kier molecular flexibility index (Phi) is 5.54. The summed E-state index contributed by atoms with van der Waals surface area (Å²) in [5.74, 6) is 0.364. The zero-order chi connectivity index (χ0) is 19.3. The second kappa shape index (κ2) is 8.41. The predicted molar refractivity (Wildman–Crippen MR) is 108 cm³/mol. The highest BCUT2D eigenvalue weighted by Gasteiger charge is 2.15. The van der Waals surface area contributed by atoms with E-state index >= 15 is 0 Å².